The summed E-state index contributed by atoms with van der Waals surface area (Å²) in [6.07, 6.45) is 16.0. The van der Waals surface area contributed by atoms with E-state index < -0.39 is 0 Å². The Hall–Kier alpha value is -4.06. The number of hydrogen-bond acceptors (Lipinski definition) is 2. The first-order valence-corrected chi connectivity index (χ1v) is 9.89. The first kappa shape index (κ1) is 18.0. The van der Waals surface area contributed by atoms with Crippen LogP contribution in [0.25, 0.3) is 11.6 Å². The summed E-state index contributed by atoms with van der Waals surface area (Å²) >= 11 is 0. The third kappa shape index (κ3) is 3.89. The molecule has 0 saturated carbocycles. The summed E-state index contributed by atoms with van der Waals surface area (Å²) < 4.78 is 8.42. The molecule has 6 nitrogen and oxygen atoms in total. The van der Waals surface area contributed by atoms with E-state index in [4.69, 9.17) is 0 Å². The standard InChI is InChI=1S/C24H22N6/c1-2-8-22(18-28-14-16-30(20-28)24-10-4-6-12-26-24)21(7-1)17-27-13-15-29(19-27)23-9-3-5-11-25-23/h1-16,19-20H,17-18H2/q+2. The molecule has 30 heavy (non-hydrogen) atoms. The predicted molar refractivity (Wildman–Crippen MR) is 112 cm³/mol. The summed E-state index contributed by atoms with van der Waals surface area (Å²) in [6.45, 7) is 1.61. The normalized spacial score (nSPS) is 10.9. The van der Waals surface area contributed by atoms with Crippen LogP contribution in [0.4, 0.5) is 0 Å². The largest absolute Gasteiger partial charge is 0.250 e. The maximum atomic E-state index is 4.41. The molecule has 0 N–H and O–H groups in total. The Kier molecular flexibility index (Phi) is 4.88. The molecule has 0 bridgehead atoms. The zero-order valence-corrected chi connectivity index (χ0v) is 16.5. The molecule has 0 aliphatic carbocycles. The Morgan fingerprint density at radius 2 is 1.07 bits per heavy atom. The Morgan fingerprint density at radius 1 is 0.600 bits per heavy atom. The van der Waals surface area contributed by atoms with E-state index in [-0.39, 0.29) is 0 Å². The molecule has 0 radical (unpaired) electrons. The van der Waals surface area contributed by atoms with Crippen molar-refractivity contribution in [1.82, 2.24) is 19.1 Å². The molecule has 0 saturated heterocycles. The van der Waals surface area contributed by atoms with Crippen LogP contribution in [0, 0.1) is 0 Å². The zero-order valence-electron chi connectivity index (χ0n) is 16.5. The molecule has 5 rings (SSSR count). The van der Waals surface area contributed by atoms with E-state index in [0.29, 0.717) is 0 Å². The maximum Gasteiger partial charge on any atom is 0.250 e. The maximum absolute atomic E-state index is 4.41. The van der Waals surface area contributed by atoms with Crippen molar-refractivity contribution < 1.29 is 9.13 Å². The number of pyridine rings is 2. The van der Waals surface area contributed by atoms with Gasteiger partial charge in [-0.15, -0.1) is 0 Å². The Labute approximate surface area is 175 Å². The first-order valence-electron chi connectivity index (χ1n) is 9.89. The van der Waals surface area contributed by atoms with Gasteiger partial charge in [0.1, 0.15) is 37.9 Å². The van der Waals surface area contributed by atoms with E-state index in [1.165, 1.54) is 11.1 Å². The molecular weight excluding hydrogens is 372 g/mol. The fourth-order valence-electron chi connectivity index (χ4n) is 3.52. The smallest absolute Gasteiger partial charge is 0.232 e. The summed E-state index contributed by atoms with van der Waals surface area (Å²) in [6, 6.07) is 20.4. The molecule has 0 unspecified atom stereocenters. The van der Waals surface area contributed by atoms with Crippen molar-refractivity contribution in [2.45, 2.75) is 13.1 Å². The van der Waals surface area contributed by atoms with Crippen molar-refractivity contribution in [3.8, 4) is 11.6 Å². The van der Waals surface area contributed by atoms with Crippen molar-refractivity contribution >= 4 is 0 Å². The van der Waals surface area contributed by atoms with Crippen LogP contribution in [0.1, 0.15) is 11.1 Å². The highest BCUT2D eigenvalue weighted by atomic mass is 15.2. The van der Waals surface area contributed by atoms with E-state index in [9.17, 15) is 0 Å². The minimum Gasteiger partial charge on any atom is -0.232 e. The lowest BCUT2D eigenvalue weighted by Crippen LogP contribution is -2.35. The van der Waals surface area contributed by atoms with Gasteiger partial charge in [0, 0.05) is 35.7 Å². The third-order valence-electron chi connectivity index (χ3n) is 5.03. The molecule has 6 heteroatoms. The fourth-order valence-corrected chi connectivity index (χ4v) is 3.52. The molecule has 4 heterocycles. The minimum atomic E-state index is 0.803. The third-order valence-corrected chi connectivity index (χ3v) is 5.03. The number of hydrogen-bond donors (Lipinski definition) is 0. The second-order valence-electron chi connectivity index (χ2n) is 7.13. The van der Waals surface area contributed by atoms with Gasteiger partial charge in [0.05, 0.1) is 0 Å². The minimum absolute atomic E-state index is 0.803. The van der Waals surface area contributed by atoms with Gasteiger partial charge in [-0.1, -0.05) is 36.4 Å². The predicted octanol–water partition coefficient (Wildman–Crippen LogP) is 2.73. The monoisotopic (exact) mass is 394 g/mol. The molecule has 0 atom stereocenters. The molecule has 5 aromatic rings. The van der Waals surface area contributed by atoms with Crippen molar-refractivity contribution in [3.63, 3.8) is 0 Å². The van der Waals surface area contributed by atoms with Crippen LogP contribution < -0.4 is 9.13 Å². The highest BCUT2D eigenvalue weighted by Gasteiger charge is 2.13. The van der Waals surface area contributed by atoms with E-state index in [1.807, 2.05) is 70.3 Å². The quantitative estimate of drug-likeness (QED) is 0.416. The number of rotatable bonds is 6. The number of nitrogens with zero attached hydrogens (tertiary/aromatic N) is 6. The molecule has 4 aromatic heterocycles. The molecule has 0 amide bonds. The SMILES string of the molecule is c1ccc(-n2cc[n+](Cc3ccccc3C[n+]3ccn(-c4ccccn4)c3)c2)nc1. The van der Waals surface area contributed by atoms with Crippen molar-refractivity contribution in [1.29, 1.82) is 0 Å². The van der Waals surface area contributed by atoms with Gasteiger partial charge in [-0.25, -0.2) is 19.1 Å². The summed E-state index contributed by atoms with van der Waals surface area (Å²) in [5.74, 6) is 1.83. The van der Waals surface area contributed by atoms with Crippen molar-refractivity contribution in [2.24, 2.45) is 0 Å². The molecule has 1 aromatic carbocycles. The first-order chi connectivity index (χ1) is 14.8. The summed E-state index contributed by atoms with van der Waals surface area (Å²) in [7, 11) is 0. The number of aromatic nitrogens is 6. The van der Waals surface area contributed by atoms with Gasteiger partial charge in [-0.05, 0) is 12.1 Å². The molecule has 0 aliphatic rings. The molecule has 0 spiro atoms. The fraction of sp³-hybridized carbons (Fsp3) is 0.0833. The van der Waals surface area contributed by atoms with Crippen LogP contribution in [0.3, 0.4) is 0 Å². The van der Waals surface area contributed by atoms with Crippen molar-refractivity contribution in [2.75, 3.05) is 0 Å². The average Bonchev–Trinajstić information content (AvgIpc) is 3.46. The van der Waals surface area contributed by atoms with Gasteiger partial charge >= 0.3 is 0 Å². The van der Waals surface area contributed by atoms with E-state index in [0.717, 1.165) is 24.7 Å². The van der Waals surface area contributed by atoms with Crippen LogP contribution >= 0.6 is 0 Å². The Morgan fingerprint density at radius 3 is 1.50 bits per heavy atom. The highest BCUT2D eigenvalue weighted by Crippen LogP contribution is 2.09. The van der Waals surface area contributed by atoms with Crippen molar-refractivity contribution in [3.05, 3.63) is 122 Å². The van der Waals surface area contributed by atoms with Crippen LogP contribution in [-0.2, 0) is 13.1 Å². The molecule has 0 aliphatic heterocycles. The second kappa shape index (κ2) is 8.13. The Balaban J connectivity index is 1.35. The van der Waals surface area contributed by atoms with E-state index >= 15 is 0 Å². The number of benzene rings is 1. The molecule has 146 valence electrons. The Bertz CT molecular complexity index is 1140. The van der Waals surface area contributed by atoms with Gasteiger partial charge in [-0.2, -0.15) is 9.13 Å². The van der Waals surface area contributed by atoms with Crippen LogP contribution in [0.2, 0.25) is 0 Å². The lowest BCUT2D eigenvalue weighted by Gasteiger charge is -2.06. The lowest BCUT2D eigenvalue weighted by atomic mass is 10.1. The van der Waals surface area contributed by atoms with E-state index in [2.05, 4.69) is 68.4 Å². The molecule has 0 fully saturated rings. The van der Waals surface area contributed by atoms with Crippen LogP contribution in [0.15, 0.2) is 110 Å². The summed E-state index contributed by atoms with van der Waals surface area (Å²) in [5, 5.41) is 0. The van der Waals surface area contributed by atoms with Gasteiger partial charge in [0.15, 0.2) is 0 Å². The summed E-state index contributed by atoms with van der Waals surface area (Å²) in [4.78, 5) is 8.82. The highest BCUT2D eigenvalue weighted by molar-refractivity contribution is 5.26. The van der Waals surface area contributed by atoms with E-state index in [1.54, 1.807) is 0 Å². The van der Waals surface area contributed by atoms with Gasteiger partial charge < -0.3 is 0 Å². The second-order valence-corrected chi connectivity index (χ2v) is 7.13. The van der Waals surface area contributed by atoms with Gasteiger partial charge in [0.2, 0.25) is 11.6 Å². The van der Waals surface area contributed by atoms with Gasteiger partial charge in [-0.3, -0.25) is 0 Å². The topological polar surface area (TPSA) is 43.4 Å². The van der Waals surface area contributed by atoms with Crippen LogP contribution in [0.5, 0.6) is 0 Å². The zero-order chi connectivity index (χ0) is 20.2. The lowest BCUT2D eigenvalue weighted by molar-refractivity contribution is -0.692. The average molecular weight is 394 g/mol. The summed E-state index contributed by atoms with van der Waals surface area (Å²) in [5.41, 5.74) is 2.58. The van der Waals surface area contributed by atoms with Crippen LogP contribution in [-0.4, -0.2) is 19.1 Å². The molecular formula is C24H22N6+2. The van der Waals surface area contributed by atoms with Gasteiger partial charge in [0.25, 0.3) is 12.7 Å². The number of imidazole rings is 2.